The lowest BCUT2D eigenvalue weighted by Gasteiger charge is -2.24. The molecule has 1 fully saturated rings. The van der Waals surface area contributed by atoms with Crippen LogP contribution in [0, 0.1) is 16.7 Å². The Morgan fingerprint density at radius 1 is 1.15 bits per heavy atom. The number of carbonyl (C=O) groups excluding carboxylic acids is 3. The molecule has 0 radical (unpaired) electrons. The summed E-state index contributed by atoms with van der Waals surface area (Å²) in [5.41, 5.74) is 2.90. The molecule has 0 spiro atoms. The zero-order chi connectivity index (χ0) is 27.8. The SMILES string of the molecule is CC(=O)c1nn(CC(=O)N2C[C@H](C)C[C@H]2C(=O)Nc2nc(Br)ccc2C)c2cnc(-c3cnc(I)nc3)cc12. The molecule has 5 rings (SSSR count). The highest BCUT2D eigenvalue weighted by Crippen LogP contribution is 2.28. The van der Waals surface area contributed by atoms with Crippen LogP contribution in [0.5, 0.6) is 0 Å². The third-order valence-electron chi connectivity index (χ3n) is 6.61. The van der Waals surface area contributed by atoms with Gasteiger partial charge in [-0.3, -0.25) is 24.0 Å². The Bertz CT molecular complexity index is 1610. The third-order valence-corrected chi connectivity index (χ3v) is 7.61. The lowest BCUT2D eigenvalue weighted by Crippen LogP contribution is -2.44. The van der Waals surface area contributed by atoms with Gasteiger partial charge >= 0.3 is 0 Å². The predicted molar refractivity (Wildman–Crippen MR) is 156 cm³/mol. The number of nitrogens with one attached hydrogen (secondary N) is 1. The van der Waals surface area contributed by atoms with Crippen LogP contribution in [0.15, 0.2) is 41.4 Å². The molecule has 0 aliphatic carbocycles. The first-order valence-corrected chi connectivity index (χ1v) is 14.1. The number of rotatable bonds is 6. The summed E-state index contributed by atoms with van der Waals surface area (Å²) in [4.78, 5) is 58.1. The molecule has 4 aromatic rings. The minimum absolute atomic E-state index is 0.137. The largest absolute Gasteiger partial charge is 0.329 e. The fourth-order valence-electron chi connectivity index (χ4n) is 4.68. The van der Waals surface area contributed by atoms with Crippen molar-refractivity contribution in [1.29, 1.82) is 0 Å². The number of nitrogens with zero attached hydrogens (tertiary/aromatic N) is 7. The Kier molecular flexibility index (Phi) is 7.71. The van der Waals surface area contributed by atoms with E-state index >= 15 is 0 Å². The third kappa shape index (κ3) is 5.69. The molecule has 0 saturated carbocycles. The molecule has 39 heavy (non-hydrogen) atoms. The normalized spacial score (nSPS) is 17.0. The average Bonchev–Trinajstić information content (AvgIpc) is 3.47. The molecule has 0 unspecified atom stereocenters. The number of fused-ring (bicyclic) bond motifs is 1. The number of ketones is 1. The Morgan fingerprint density at radius 3 is 2.62 bits per heavy atom. The van der Waals surface area contributed by atoms with Crippen molar-refractivity contribution < 1.29 is 14.4 Å². The maximum Gasteiger partial charge on any atom is 0.248 e. The van der Waals surface area contributed by atoms with E-state index in [4.69, 9.17) is 0 Å². The highest BCUT2D eigenvalue weighted by Gasteiger charge is 2.38. The van der Waals surface area contributed by atoms with E-state index in [1.807, 2.05) is 42.5 Å². The number of aryl methyl sites for hydroxylation is 1. The maximum absolute atomic E-state index is 13.5. The summed E-state index contributed by atoms with van der Waals surface area (Å²) in [7, 11) is 0. The molecule has 1 aliphatic rings. The Labute approximate surface area is 246 Å². The van der Waals surface area contributed by atoms with Gasteiger partial charge in [-0.05, 0) is 52.9 Å². The van der Waals surface area contributed by atoms with Crippen LogP contribution in [0.25, 0.3) is 22.2 Å². The van der Waals surface area contributed by atoms with Crippen LogP contribution in [0.3, 0.4) is 0 Å². The van der Waals surface area contributed by atoms with Gasteiger partial charge in [0.05, 0.1) is 17.4 Å². The van der Waals surface area contributed by atoms with Crippen LogP contribution in [0.4, 0.5) is 5.82 Å². The average molecular weight is 703 g/mol. The van der Waals surface area contributed by atoms with Crippen molar-refractivity contribution in [2.45, 2.75) is 39.8 Å². The number of Topliss-reactive ketones (excluding diaryl/α,β-unsaturated/α-hetero) is 1. The summed E-state index contributed by atoms with van der Waals surface area (Å²) >= 11 is 5.35. The molecule has 11 nitrogen and oxygen atoms in total. The minimum Gasteiger partial charge on any atom is -0.329 e. The second-order valence-electron chi connectivity index (χ2n) is 9.58. The predicted octanol–water partition coefficient (Wildman–Crippen LogP) is 4.04. The van der Waals surface area contributed by atoms with Crippen LogP contribution in [0.1, 0.15) is 36.3 Å². The molecule has 1 aliphatic heterocycles. The second-order valence-corrected chi connectivity index (χ2v) is 11.4. The molecule has 0 bridgehead atoms. The summed E-state index contributed by atoms with van der Waals surface area (Å²) in [6, 6.07) is 4.77. The van der Waals surface area contributed by atoms with E-state index in [0.29, 0.717) is 49.4 Å². The van der Waals surface area contributed by atoms with E-state index in [-0.39, 0.29) is 35.8 Å². The van der Waals surface area contributed by atoms with Gasteiger partial charge in [0.15, 0.2) is 9.61 Å². The first-order valence-electron chi connectivity index (χ1n) is 12.2. The first kappa shape index (κ1) is 27.2. The molecule has 0 aromatic carbocycles. The Hall–Kier alpha value is -3.33. The van der Waals surface area contributed by atoms with E-state index in [9.17, 15) is 14.4 Å². The quantitative estimate of drug-likeness (QED) is 0.138. The van der Waals surface area contributed by atoms with Crippen LogP contribution in [-0.2, 0) is 16.1 Å². The fourth-order valence-corrected chi connectivity index (χ4v) is 5.26. The number of pyridine rings is 2. The molecule has 1 saturated heterocycles. The number of halogens is 2. The maximum atomic E-state index is 13.5. The monoisotopic (exact) mass is 702 g/mol. The molecule has 2 amide bonds. The Balaban J connectivity index is 1.41. The van der Waals surface area contributed by atoms with Gasteiger partial charge in [-0.25, -0.2) is 15.0 Å². The highest BCUT2D eigenvalue weighted by molar-refractivity contribution is 14.1. The fraction of sp³-hybridized carbons (Fsp3) is 0.308. The van der Waals surface area contributed by atoms with Gasteiger partial charge in [-0.15, -0.1) is 0 Å². The zero-order valence-electron chi connectivity index (χ0n) is 21.4. The lowest BCUT2D eigenvalue weighted by molar-refractivity contribution is -0.137. The summed E-state index contributed by atoms with van der Waals surface area (Å²) in [6.45, 7) is 5.60. The van der Waals surface area contributed by atoms with E-state index < -0.39 is 6.04 Å². The van der Waals surface area contributed by atoms with Gasteiger partial charge in [-0.2, -0.15) is 5.10 Å². The zero-order valence-corrected chi connectivity index (χ0v) is 25.1. The molecular formula is C26H24BrIN8O3. The van der Waals surface area contributed by atoms with Gasteiger partial charge in [0, 0.05) is 59.4 Å². The molecule has 200 valence electrons. The molecule has 1 N–H and O–H groups in total. The van der Waals surface area contributed by atoms with Crippen molar-refractivity contribution in [3.63, 3.8) is 0 Å². The van der Waals surface area contributed by atoms with Gasteiger partial charge in [0.2, 0.25) is 11.8 Å². The number of anilines is 1. The number of aromatic nitrogens is 6. The number of hydrogen-bond donors (Lipinski definition) is 1. The number of hydrogen-bond acceptors (Lipinski definition) is 8. The van der Waals surface area contributed by atoms with Gasteiger partial charge < -0.3 is 10.2 Å². The topological polar surface area (TPSA) is 136 Å². The molecule has 2 atom stereocenters. The van der Waals surface area contributed by atoms with Crippen molar-refractivity contribution in [2.24, 2.45) is 5.92 Å². The second kappa shape index (κ2) is 11.0. The summed E-state index contributed by atoms with van der Waals surface area (Å²) in [6.07, 6.45) is 5.45. The smallest absolute Gasteiger partial charge is 0.248 e. The number of amides is 2. The van der Waals surface area contributed by atoms with Crippen LogP contribution in [-0.4, -0.2) is 64.8 Å². The molecule has 4 aromatic heterocycles. The van der Waals surface area contributed by atoms with Crippen molar-refractivity contribution in [2.75, 3.05) is 11.9 Å². The van der Waals surface area contributed by atoms with Crippen LogP contribution < -0.4 is 5.32 Å². The number of carbonyl (C=O) groups is 3. The van der Waals surface area contributed by atoms with Crippen LogP contribution in [0.2, 0.25) is 0 Å². The van der Waals surface area contributed by atoms with E-state index in [1.54, 1.807) is 35.6 Å². The standard InChI is InChI=1S/C26H24BrIN8O3/c1-13-6-19(25(39)33-24-14(2)4-5-21(27)32-24)35(11-13)22(38)12-36-20-10-29-18(16-8-30-26(28)31-9-16)7-17(20)23(34-36)15(3)37/h4-5,7-10,13,19H,6,11-12H2,1-3H3,(H,32,33,39)/t13-,19+/m1/s1. The first-order chi connectivity index (χ1) is 18.6. The molecule has 5 heterocycles. The highest BCUT2D eigenvalue weighted by atomic mass is 127. The van der Waals surface area contributed by atoms with E-state index in [0.717, 1.165) is 5.56 Å². The van der Waals surface area contributed by atoms with Crippen LogP contribution >= 0.6 is 38.5 Å². The summed E-state index contributed by atoms with van der Waals surface area (Å²) in [5.74, 6) is -0.198. The molecule has 13 heteroatoms. The van der Waals surface area contributed by atoms with Crippen molar-refractivity contribution >= 4 is 72.8 Å². The lowest BCUT2D eigenvalue weighted by atomic mass is 10.1. The van der Waals surface area contributed by atoms with Crippen molar-refractivity contribution in [1.82, 2.24) is 34.6 Å². The van der Waals surface area contributed by atoms with E-state index in [2.05, 4.69) is 46.3 Å². The van der Waals surface area contributed by atoms with E-state index in [1.165, 1.54) is 11.6 Å². The van der Waals surface area contributed by atoms with Crippen molar-refractivity contribution in [3.05, 3.63) is 56.5 Å². The van der Waals surface area contributed by atoms with Gasteiger partial charge in [0.25, 0.3) is 0 Å². The molecular weight excluding hydrogens is 679 g/mol. The minimum atomic E-state index is -0.646. The Morgan fingerprint density at radius 2 is 1.90 bits per heavy atom. The van der Waals surface area contributed by atoms with Gasteiger partial charge in [-0.1, -0.05) is 13.0 Å². The summed E-state index contributed by atoms with van der Waals surface area (Å²) in [5, 5.41) is 7.92. The van der Waals surface area contributed by atoms with Crippen molar-refractivity contribution in [3.8, 4) is 11.3 Å². The number of likely N-dealkylation sites (tertiary alicyclic amines) is 1. The van der Waals surface area contributed by atoms with Gasteiger partial charge in [0.1, 0.15) is 28.7 Å². The summed E-state index contributed by atoms with van der Waals surface area (Å²) < 4.78 is 2.70.